The number of amides is 2. The second kappa shape index (κ2) is 6.68. The summed E-state index contributed by atoms with van der Waals surface area (Å²) in [6.07, 6.45) is 0. The molecule has 6 nitrogen and oxygen atoms in total. The Morgan fingerprint density at radius 3 is 2.71 bits per heavy atom. The molecule has 128 valence electrons. The zero-order valence-electron chi connectivity index (χ0n) is 14.0. The fourth-order valence-electron chi connectivity index (χ4n) is 2.20. The lowest BCUT2D eigenvalue weighted by molar-refractivity contribution is 0.174. The molecule has 2 amide bonds. The van der Waals surface area contributed by atoms with Crippen molar-refractivity contribution in [1.29, 1.82) is 0 Å². The molecule has 7 heteroatoms. The third-order valence-electron chi connectivity index (χ3n) is 3.51. The number of carbonyl (C=O) groups is 1. The number of nitrogens with one attached hydrogen (secondary N) is 2. The lowest BCUT2D eigenvalue weighted by Gasteiger charge is -2.13. The van der Waals surface area contributed by atoms with Gasteiger partial charge < -0.3 is 20.1 Å². The van der Waals surface area contributed by atoms with Gasteiger partial charge in [0.1, 0.15) is 0 Å². The number of benzene rings is 1. The molecule has 0 spiro atoms. The van der Waals surface area contributed by atoms with Gasteiger partial charge >= 0.3 is 6.03 Å². The Labute approximate surface area is 145 Å². The van der Waals surface area contributed by atoms with Crippen LogP contribution in [0.5, 0.6) is 11.5 Å². The van der Waals surface area contributed by atoms with E-state index in [0.29, 0.717) is 18.8 Å². The van der Waals surface area contributed by atoms with Gasteiger partial charge in [0.25, 0.3) is 0 Å². The van der Waals surface area contributed by atoms with Crippen molar-refractivity contribution in [2.45, 2.75) is 39.3 Å². The SMILES string of the molecule is CC(C)(C)c1nc(CNC(=O)NCc2ccc3c(c2)OCO3)cs1. The number of fused-ring (bicyclic) bond motifs is 1. The first kappa shape index (κ1) is 16.6. The van der Waals surface area contributed by atoms with Gasteiger partial charge in [0.15, 0.2) is 11.5 Å². The number of ether oxygens (including phenoxy) is 2. The predicted molar refractivity (Wildman–Crippen MR) is 92.5 cm³/mol. The number of nitrogens with zero attached hydrogens (tertiary/aromatic N) is 1. The lowest BCUT2D eigenvalue weighted by Crippen LogP contribution is -2.34. The molecule has 3 rings (SSSR count). The molecular weight excluding hydrogens is 326 g/mol. The smallest absolute Gasteiger partial charge is 0.315 e. The van der Waals surface area contributed by atoms with Crippen LogP contribution in [0.2, 0.25) is 0 Å². The maximum absolute atomic E-state index is 11.9. The second-order valence-corrected chi connectivity index (χ2v) is 7.48. The largest absolute Gasteiger partial charge is 0.454 e. The summed E-state index contributed by atoms with van der Waals surface area (Å²) in [6.45, 7) is 7.46. The molecule has 0 unspecified atom stereocenters. The highest BCUT2D eigenvalue weighted by Gasteiger charge is 2.18. The quantitative estimate of drug-likeness (QED) is 0.891. The Hall–Kier alpha value is -2.28. The summed E-state index contributed by atoms with van der Waals surface area (Å²) in [5.74, 6) is 1.45. The van der Waals surface area contributed by atoms with Crippen molar-refractivity contribution in [2.75, 3.05) is 6.79 Å². The Morgan fingerprint density at radius 2 is 1.96 bits per heavy atom. The summed E-state index contributed by atoms with van der Waals surface area (Å²) >= 11 is 1.62. The fourth-order valence-corrected chi connectivity index (χ4v) is 3.11. The number of aromatic nitrogens is 1. The van der Waals surface area contributed by atoms with Crippen LogP contribution >= 0.6 is 11.3 Å². The van der Waals surface area contributed by atoms with Crippen molar-refractivity contribution in [3.63, 3.8) is 0 Å². The number of carbonyl (C=O) groups excluding carboxylic acids is 1. The first-order chi connectivity index (χ1) is 11.4. The molecule has 0 radical (unpaired) electrons. The minimum atomic E-state index is -0.224. The zero-order valence-corrected chi connectivity index (χ0v) is 14.8. The first-order valence-electron chi connectivity index (χ1n) is 7.77. The molecule has 0 bridgehead atoms. The average Bonchev–Trinajstić information content (AvgIpc) is 3.18. The standard InChI is InChI=1S/C17H21N3O3S/c1-17(2,3)15-20-12(9-24-15)8-19-16(21)18-7-11-4-5-13-14(6-11)23-10-22-13/h4-6,9H,7-8,10H2,1-3H3,(H2,18,19,21). The Balaban J connectivity index is 1.47. The normalized spacial score (nSPS) is 13.0. The van der Waals surface area contributed by atoms with E-state index in [9.17, 15) is 4.79 Å². The third kappa shape index (κ3) is 3.97. The van der Waals surface area contributed by atoms with Crippen LogP contribution in [0, 0.1) is 0 Å². The molecule has 0 saturated carbocycles. The van der Waals surface area contributed by atoms with Gasteiger partial charge in [-0.3, -0.25) is 0 Å². The van der Waals surface area contributed by atoms with E-state index in [1.165, 1.54) is 0 Å². The van der Waals surface area contributed by atoms with Crippen molar-refractivity contribution in [3.05, 3.63) is 39.8 Å². The van der Waals surface area contributed by atoms with Gasteiger partial charge in [0, 0.05) is 17.3 Å². The third-order valence-corrected chi connectivity index (χ3v) is 4.83. The number of hydrogen-bond donors (Lipinski definition) is 2. The monoisotopic (exact) mass is 347 g/mol. The van der Waals surface area contributed by atoms with E-state index in [4.69, 9.17) is 9.47 Å². The average molecular weight is 347 g/mol. The highest BCUT2D eigenvalue weighted by atomic mass is 32.1. The fraction of sp³-hybridized carbons (Fsp3) is 0.412. The van der Waals surface area contributed by atoms with Gasteiger partial charge in [-0.25, -0.2) is 9.78 Å². The summed E-state index contributed by atoms with van der Waals surface area (Å²) in [4.78, 5) is 16.5. The summed E-state index contributed by atoms with van der Waals surface area (Å²) in [7, 11) is 0. The predicted octanol–water partition coefficient (Wildman–Crippen LogP) is 3.17. The molecule has 1 aromatic heterocycles. The van der Waals surface area contributed by atoms with Gasteiger partial charge in [-0.05, 0) is 17.7 Å². The van der Waals surface area contributed by atoms with Crippen molar-refractivity contribution in [2.24, 2.45) is 0 Å². The Bertz CT molecular complexity index is 737. The minimum Gasteiger partial charge on any atom is -0.454 e. The first-order valence-corrected chi connectivity index (χ1v) is 8.65. The maximum atomic E-state index is 11.9. The Kier molecular flexibility index (Phi) is 4.62. The minimum absolute atomic E-state index is 0.0323. The molecule has 1 aromatic carbocycles. The van der Waals surface area contributed by atoms with E-state index in [1.54, 1.807) is 11.3 Å². The van der Waals surface area contributed by atoms with E-state index in [1.807, 2.05) is 23.6 Å². The zero-order chi connectivity index (χ0) is 17.2. The molecule has 0 saturated heterocycles. The van der Waals surface area contributed by atoms with Crippen LogP contribution in [-0.4, -0.2) is 17.8 Å². The molecule has 2 aromatic rings. The van der Waals surface area contributed by atoms with E-state index in [0.717, 1.165) is 22.0 Å². The molecule has 2 N–H and O–H groups in total. The number of urea groups is 1. The summed E-state index contributed by atoms with van der Waals surface area (Å²) in [5, 5.41) is 8.71. The molecule has 2 heterocycles. The van der Waals surface area contributed by atoms with Gasteiger partial charge in [-0.15, -0.1) is 11.3 Å². The van der Waals surface area contributed by atoms with E-state index in [2.05, 4.69) is 36.4 Å². The maximum Gasteiger partial charge on any atom is 0.315 e. The van der Waals surface area contributed by atoms with E-state index >= 15 is 0 Å². The number of hydrogen-bond acceptors (Lipinski definition) is 5. The highest BCUT2D eigenvalue weighted by Crippen LogP contribution is 2.32. The van der Waals surface area contributed by atoms with Crippen LogP contribution in [-0.2, 0) is 18.5 Å². The van der Waals surface area contributed by atoms with Crippen LogP contribution in [0.15, 0.2) is 23.6 Å². The summed E-state index contributed by atoms with van der Waals surface area (Å²) in [5.41, 5.74) is 1.87. The van der Waals surface area contributed by atoms with Gasteiger partial charge in [0.2, 0.25) is 6.79 Å². The molecule has 1 aliphatic heterocycles. The Morgan fingerprint density at radius 1 is 1.21 bits per heavy atom. The topological polar surface area (TPSA) is 72.5 Å². The molecular formula is C17H21N3O3S. The van der Waals surface area contributed by atoms with Crippen molar-refractivity contribution in [1.82, 2.24) is 15.6 Å². The van der Waals surface area contributed by atoms with Crippen LogP contribution in [0.25, 0.3) is 0 Å². The van der Waals surface area contributed by atoms with Crippen LogP contribution in [0.1, 0.15) is 37.0 Å². The molecule has 1 aliphatic rings. The van der Waals surface area contributed by atoms with E-state index in [-0.39, 0.29) is 18.2 Å². The molecule has 0 aliphatic carbocycles. The summed E-state index contributed by atoms with van der Waals surface area (Å²) < 4.78 is 10.6. The number of rotatable bonds is 4. The lowest BCUT2D eigenvalue weighted by atomic mass is 9.98. The number of thiazole rings is 1. The van der Waals surface area contributed by atoms with Gasteiger partial charge in [-0.1, -0.05) is 26.8 Å². The van der Waals surface area contributed by atoms with Crippen LogP contribution < -0.4 is 20.1 Å². The molecule has 0 atom stereocenters. The molecule has 0 fully saturated rings. The summed E-state index contributed by atoms with van der Waals surface area (Å²) in [6, 6.07) is 5.40. The van der Waals surface area contributed by atoms with Gasteiger partial charge in [-0.2, -0.15) is 0 Å². The molecule has 24 heavy (non-hydrogen) atoms. The second-order valence-electron chi connectivity index (χ2n) is 6.62. The highest BCUT2D eigenvalue weighted by molar-refractivity contribution is 7.09. The van der Waals surface area contributed by atoms with Crippen LogP contribution in [0.4, 0.5) is 4.79 Å². The van der Waals surface area contributed by atoms with Crippen molar-refractivity contribution >= 4 is 17.4 Å². The van der Waals surface area contributed by atoms with Gasteiger partial charge in [0.05, 0.1) is 17.2 Å². The van der Waals surface area contributed by atoms with Crippen molar-refractivity contribution in [3.8, 4) is 11.5 Å². The van der Waals surface area contributed by atoms with Crippen LogP contribution in [0.3, 0.4) is 0 Å². The van der Waals surface area contributed by atoms with Crippen molar-refractivity contribution < 1.29 is 14.3 Å². The van der Waals surface area contributed by atoms with E-state index < -0.39 is 0 Å².